The minimum Gasteiger partial charge on any atom is -0.394 e. The molecule has 16 heavy (non-hydrogen) atoms. The van der Waals surface area contributed by atoms with Crippen molar-refractivity contribution in [2.75, 3.05) is 11.1 Å². The molecule has 2 aromatic rings. The van der Waals surface area contributed by atoms with Gasteiger partial charge in [0, 0.05) is 18.1 Å². The number of anilines is 2. The summed E-state index contributed by atoms with van der Waals surface area (Å²) in [5, 5.41) is 9.64. The molecule has 0 aliphatic carbocycles. The number of rotatable bonds is 4. The van der Waals surface area contributed by atoms with Crippen molar-refractivity contribution in [2.45, 2.75) is 19.9 Å². The fourth-order valence-electron chi connectivity index (χ4n) is 1.65. The van der Waals surface area contributed by atoms with E-state index in [-0.39, 0.29) is 0 Å². The van der Waals surface area contributed by atoms with Crippen LogP contribution in [0.2, 0.25) is 0 Å². The second-order valence-electron chi connectivity index (χ2n) is 3.68. The average Bonchev–Trinajstić information content (AvgIpc) is 2.81. The van der Waals surface area contributed by atoms with Crippen LogP contribution in [0.5, 0.6) is 0 Å². The second kappa shape index (κ2) is 4.57. The van der Waals surface area contributed by atoms with Gasteiger partial charge < -0.3 is 11.1 Å². The van der Waals surface area contributed by atoms with Gasteiger partial charge in [0.05, 0.1) is 12.2 Å². The van der Waals surface area contributed by atoms with Crippen molar-refractivity contribution in [3.8, 4) is 0 Å². The van der Waals surface area contributed by atoms with Gasteiger partial charge in [0.25, 0.3) is 0 Å². The van der Waals surface area contributed by atoms with E-state index in [0.29, 0.717) is 5.69 Å². The molecule has 5 heteroatoms. The molecule has 0 radical (unpaired) electrons. The van der Waals surface area contributed by atoms with Crippen molar-refractivity contribution in [1.82, 2.24) is 9.78 Å². The van der Waals surface area contributed by atoms with Gasteiger partial charge in [-0.25, -0.2) is 0 Å². The van der Waals surface area contributed by atoms with Crippen LogP contribution in [0.1, 0.15) is 17.4 Å². The first-order valence-electron chi connectivity index (χ1n) is 5.29. The monoisotopic (exact) mass is 236 g/mol. The lowest BCUT2D eigenvalue weighted by molar-refractivity contribution is 0.768. The number of aryl methyl sites for hydroxylation is 2. The van der Waals surface area contributed by atoms with Crippen LogP contribution in [0.3, 0.4) is 0 Å². The number of nitrogens with one attached hydrogen (secondary N) is 1. The number of thiophene rings is 1. The first-order valence-corrected chi connectivity index (χ1v) is 6.17. The van der Waals surface area contributed by atoms with Crippen molar-refractivity contribution in [1.29, 1.82) is 0 Å². The normalized spacial score (nSPS) is 10.6. The lowest BCUT2D eigenvalue weighted by Crippen LogP contribution is -2.02. The maximum absolute atomic E-state index is 5.81. The summed E-state index contributed by atoms with van der Waals surface area (Å²) in [4.78, 5) is 1.35. The first-order chi connectivity index (χ1) is 7.70. The Labute approximate surface area is 99.1 Å². The molecule has 0 fully saturated rings. The van der Waals surface area contributed by atoms with Gasteiger partial charge in [-0.2, -0.15) is 5.10 Å². The van der Waals surface area contributed by atoms with Crippen LogP contribution in [0.25, 0.3) is 0 Å². The Morgan fingerprint density at radius 2 is 2.38 bits per heavy atom. The Morgan fingerprint density at radius 1 is 1.56 bits per heavy atom. The van der Waals surface area contributed by atoms with Gasteiger partial charge >= 0.3 is 0 Å². The van der Waals surface area contributed by atoms with Gasteiger partial charge in [-0.3, -0.25) is 4.68 Å². The first kappa shape index (κ1) is 11.0. The molecule has 0 saturated heterocycles. The molecule has 2 heterocycles. The summed E-state index contributed by atoms with van der Waals surface area (Å²) in [5.74, 6) is 0.762. The van der Waals surface area contributed by atoms with E-state index in [4.69, 9.17) is 5.73 Å². The van der Waals surface area contributed by atoms with Crippen molar-refractivity contribution in [2.24, 2.45) is 7.05 Å². The van der Waals surface area contributed by atoms with E-state index in [2.05, 4.69) is 28.8 Å². The predicted octanol–water partition coefficient (Wildman–Crippen LogP) is 2.24. The Balaban J connectivity index is 2.05. The molecule has 0 atom stereocenters. The molecule has 86 valence electrons. The molecular weight excluding hydrogens is 220 g/mol. The van der Waals surface area contributed by atoms with Gasteiger partial charge in [-0.05, 0) is 23.4 Å². The lowest BCUT2D eigenvalue weighted by atomic mass is 10.2. The molecule has 0 saturated carbocycles. The van der Waals surface area contributed by atoms with Gasteiger partial charge in [-0.15, -0.1) is 11.3 Å². The molecule has 0 amide bonds. The molecule has 0 spiro atoms. The third-order valence-corrected chi connectivity index (χ3v) is 3.46. The highest BCUT2D eigenvalue weighted by Gasteiger charge is 2.06. The lowest BCUT2D eigenvalue weighted by Gasteiger charge is -2.04. The molecule has 0 aliphatic heterocycles. The zero-order chi connectivity index (χ0) is 11.5. The Hall–Kier alpha value is -1.49. The minimum absolute atomic E-state index is 0.692. The molecular formula is C11H16N4S. The Morgan fingerprint density at radius 3 is 3.00 bits per heavy atom. The number of aromatic nitrogens is 2. The van der Waals surface area contributed by atoms with E-state index in [1.807, 2.05) is 7.05 Å². The van der Waals surface area contributed by atoms with Crippen LogP contribution in [-0.4, -0.2) is 9.78 Å². The highest BCUT2D eigenvalue weighted by Crippen LogP contribution is 2.20. The number of nitrogens with zero attached hydrogens (tertiary/aromatic N) is 2. The van der Waals surface area contributed by atoms with Crippen molar-refractivity contribution >= 4 is 22.8 Å². The Bertz CT molecular complexity index is 472. The van der Waals surface area contributed by atoms with Crippen LogP contribution in [0.15, 0.2) is 17.6 Å². The maximum atomic E-state index is 5.81. The molecule has 0 aromatic carbocycles. The molecule has 2 aromatic heterocycles. The number of hydrogen-bond acceptors (Lipinski definition) is 4. The standard InChI is InChI=1S/C11H16N4S/c1-3-8-4-5-16-10(8)6-13-11-9(12)7-15(2)14-11/h4-5,7H,3,6,12H2,1-2H3,(H,13,14). The summed E-state index contributed by atoms with van der Waals surface area (Å²) in [6, 6.07) is 2.17. The van der Waals surface area contributed by atoms with E-state index in [1.54, 1.807) is 22.2 Å². The molecule has 2 rings (SSSR count). The van der Waals surface area contributed by atoms with E-state index in [1.165, 1.54) is 10.4 Å². The quantitative estimate of drug-likeness (QED) is 0.856. The highest BCUT2D eigenvalue weighted by molar-refractivity contribution is 7.10. The number of nitrogens with two attached hydrogens (primary N) is 1. The predicted molar refractivity (Wildman–Crippen MR) is 68.6 cm³/mol. The van der Waals surface area contributed by atoms with E-state index in [0.717, 1.165) is 18.8 Å². The largest absolute Gasteiger partial charge is 0.394 e. The van der Waals surface area contributed by atoms with E-state index >= 15 is 0 Å². The fraction of sp³-hybridized carbons (Fsp3) is 0.364. The van der Waals surface area contributed by atoms with Crippen molar-refractivity contribution in [3.05, 3.63) is 28.1 Å². The zero-order valence-corrected chi connectivity index (χ0v) is 10.3. The van der Waals surface area contributed by atoms with E-state index < -0.39 is 0 Å². The third kappa shape index (κ3) is 2.19. The summed E-state index contributed by atoms with van der Waals surface area (Å²) in [7, 11) is 1.87. The van der Waals surface area contributed by atoms with Gasteiger partial charge in [-0.1, -0.05) is 6.92 Å². The molecule has 4 nitrogen and oxygen atoms in total. The maximum Gasteiger partial charge on any atom is 0.171 e. The van der Waals surface area contributed by atoms with Crippen LogP contribution in [0.4, 0.5) is 11.5 Å². The van der Waals surface area contributed by atoms with Crippen LogP contribution in [0, 0.1) is 0 Å². The van der Waals surface area contributed by atoms with Gasteiger partial charge in [0.15, 0.2) is 5.82 Å². The van der Waals surface area contributed by atoms with Crippen molar-refractivity contribution < 1.29 is 0 Å². The number of hydrogen-bond donors (Lipinski definition) is 2. The van der Waals surface area contributed by atoms with Gasteiger partial charge in [0.1, 0.15) is 0 Å². The summed E-state index contributed by atoms with van der Waals surface area (Å²) < 4.78 is 1.72. The SMILES string of the molecule is CCc1ccsc1CNc1nn(C)cc1N. The average molecular weight is 236 g/mol. The summed E-state index contributed by atoms with van der Waals surface area (Å²) >= 11 is 1.77. The third-order valence-electron chi connectivity index (χ3n) is 2.49. The van der Waals surface area contributed by atoms with Gasteiger partial charge in [0.2, 0.25) is 0 Å². The summed E-state index contributed by atoms with van der Waals surface area (Å²) in [5.41, 5.74) is 7.90. The number of nitrogen functional groups attached to an aromatic ring is 1. The fourth-order valence-corrected chi connectivity index (χ4v) is 2.56. The smallest absolute Gasteiger partial charge is 0.171 e. The topological polar surface area (TPSA) is 55.9 Å². The second-order valence-corrected chi connectivity index (χ2v) is 4.68. The van der Waals surface area contributed by atoms with Crippen LogP contribution < -0.4 is 11.1 Å². The van der Waals surface area contributed by atoms with Crippen LogP contribution in [-0.2, 0) is 20.0 Å². The molecule has 0 unspecified atom stereocenters. The Kier molecular flexibility index (Phi) is 3.14. The molecule has 3 N–H and O–H groups in total. The van der Waals surface area contributed by atoms with Crippen LogP contribution >= 0.6 is 11.3 Å². The minimum atomic E-state index is 0.692. The molecule has 0 aliphatic rings. The van der Waals surface area contributed by atoms with Crippen molar-refractivity contribution in [3.63, 3.8) is 0 Å². The highest BCUT2D eigenvalue weighted by atomic mass is 32.1. The van der Waals surface area contributed by atoms with E-state index in [9.17, 15) is 0 Å². The zero-order valence-electron chi connectivity index (χ0n) is 9.53. The summed E-state index contributed by atoms with van der Waals surface area (Å²) in [6.45, 7) is 2.96. The molecule has 0 bridgehead atoms. The summed E-state index contributed by atoms with van der Waals surface area (Å²) in [6.07, 6.45) is 2.87.